The average molecular weight is 304 g/mol. The van der Waals surface area contributed by atoms with Crippen molar-refractivity contribution in [3.63, 3.8) is 0 Å². The molecule has 4 heteroatoms. The van der Waals surface area contributed by atoms with Gasteiger partial charge >= 0.3 is 0 Å². The molecule has 0 aliphatic rings. The first-order valence-electron chi connectivity index (χ1n) is 6.04. The Kier molecular flexibility index (Phi) is 4.79. The van der Waals surface area contributed by atoms with E-state index in [1.165, 1.54) is 0 Å². The van der Waals surface area contributed by atoms with Gasteiger partial charge in [-0.15, -0.1) is 0 Å². The molecule has 0 amide bonds. The molecule has 0 heterocycles. The molecular weight excluding hydrogens is 293 g/mol. The van der Waals surface area contributed by atoms with Crippen LogP contribution in [0.25, 0.3) is 0 Å². The summed E-state index contributed by atoms with van der Waals surface area (Å²) in [5.41, 5.74) is 1.30. The third kappa shape index (κ3) is 3.60. The third-order valence-electron chi connectivity index (χ3n) is 2.96. The number of carbonyl (C=O) groups is 1. The molecule has 100 valence electrons. The maximum atomic E-state index is 12.2. The van der Waals surface area contributed by atoms with Crippen LogP contribution >= 0.6 is 23.2 Å². The molecule has 0 spiro atoms. The van der Waals surface area contributed by atoms with Crippen LogP contribution < -0.4 is 0 Å². The molecule has 0 saturated heterocycles. The van der Waals surface area contributed by atoms with Gasteiger partial charge in [-0.25, -0.2) is 0 Å². The Morgan fingerprint density at radius 2 is 1.80 bits per heavy atom. The van der Waals surface area contributed by atoms with Crippen molar-refractivity contribution in [2.45, 2.75) is 12.3 Å². The number of nitrogens with zero attached hydrogens (tertiary/aromatic N) is 1. The highest BCUT2D eigenvalue weighted by Crippen LogP contribution is 2.24. The van der Waals surface area contributed by atoms with Crippen LogP contribution in [0.1, 0.15) is 28.3 Å². The second-order valence-electron chi connectivity index (χ2n) is 4.37. The monoisotopic (exact) mass is 303 g/mol. The fourth-order valence-corrected chi connectivity index (χ4v) is 2.23. The summed E-state index contributed by atoms with van der Waals surface area (Å²) in [4.78, 5) is 12.2. The fourth-order valence-electron chi connectivity index (χ4n) is 1.90. The molecule has 0 fully saturated rings. The lowest BCUT2D eigenvalue weighted by atomic mass is 9.93. The van der Waals surface area contributed by atoms with Crippen LogP contribution in [0.2, 0.25) is 10.0 Å². The highest BCUT2D eigenvalue weighted by Gasteiger charge is 2.17. The van der Waals surface area contributed by atoms with Crippen molar-refractivity contribution < 1.29 is 4.79 Å². The zero-order valence-electron chi connectivity index (χ0n) is 10.5. The predicted octanol–water partition coefficient (Wildman–Crippen LogP) is 4.87. The van der Waals surface area contributed by atoms with Crippen molar-refractivity contribution in [2.75, 3.05) is 0 Å². The quantitative estimate of drug-likeness (QED) is 0.756. The molecule has 0 N–H and O–H groups in total. The topological polar surface area (TPSA) is 40.9 Å². The van der Waals surface area contributed by atoms with Crippen LogP contribution in [-0.4, -0.2) is 5.78 Å². The van der Waals surface area contributed by atoms with Crippen molar-refractivity contribution >= 4 is 29.0 Å². The zero-order chi connectivity index (χ0) is 14.5. The van der Waals surface area contributed by atoms with Crippen LogP contribution in [0.3, 0.4) is 0 Å². The van der Waals surface area contributed by atoms with E-state index >= 15 is 0 Å². The van der Waals surface area contributed by atoms with Gasteiger partial charge in [0.2, 0.25) is 0 Å². The minimum absolute atomic E-state index is 0.0896. The Morgan fingerprint density at radius 1 is 1.10 bits per heavy atom. The summed E-state index contributed by atoms with van der Waals surface area (Å²) in [5, 5.41) is 10.4. The van der Waals surface area contributed by atoms with Crippen LogP contribution in [0, 0.1) is 11.3 Å². The van der Waals surface area contributed by atoms with Gasteiger partial charge in [-0.1, -0.05) is 35.3 Å². The number of rotatable bonds is 4. The number of Topliss-reactive ketones (excluding diaryl/α,β-unsaturated/α-hetero) is 1. The molecule has 0 radical (unpaired) electrons. The summed E-state index contributed by atoms with van der Waals surface area (Å²) in [7, 11) is 0. The van der Waals surface area contributed by atoms with E-state index in [0.717, 1.165) is 5.56 Å². The predicted molar refractivity (Wildman–Crippen MR) is 80.2 cm³/mol. The smallest absolute Gasteiger partial charge is 0.164 e. The summed E-state index contributed by atoms with van der Waals surface area (Å²) < 4.78 is 0. The van der Waals surface area contributed by atoms with Gasteiger partial charge in [0.25, 0.3) is 0 Å². The summed E-state index contributed by atoms with van der Waals surface area (Å²) in [6, 6.07) is 15.8. The first kappa shape index (κ1) is 14.6. The highest BCUT2D eigenvalue weighted by atomic mass is 35.5. The minimum Gasteiger partial charge on any atom is -0.294 e. The van der Waals surface area contributed by atoms with E-state index in [-0.39, 0.29) is 12.2 Å². The summed E-state index contributed by atoms with van der Waals surface area (Å²) in [6.45, 7) is 0. The van der Waals surface area contributed by atoms with Crippen molar-refractivity contribution in [1.29, 1.82) is 5.26 Å². The number of halogens is 2. The highest BCUT2D eigenvalue weighted by molar-refractivity contribution is 6.31. The number of benzene rings is 2. The van der Waals surface area contributed by atoms with Crippen LogP contribution in [0.4, 0.5) is 0 Å². The second-order valence-corrected chi connectivity index (χ2v) is 5.24. The Bertz CT molecular complexity index is 659. The van der Waals surface area contributed by atoms with Crippen LogP contribution in [0.5, 0.6) is 0 Å². The van der Waals surface area contributed by atoms with Gasteiger partial charge in [0.15, 0.2) is 5.78 Å². The van der Waals surface area contributed by atoms with Crippen LogP contribution in [-0.2, 0) is 0 Å². The maximum Gasteiger partial charge on any atom is 0.164 e. The lowest BCUT2D eigenvalue weighted by molar-refractivity contribution is 0.0979. The number of ketones is 1. The SMILES string of the molecule is N#C[C@@H](CC(=O)c1ccc(Cl)cc1)c1cccc(Cl)c1. The van der Waals surface area contributed by atoms with Gasteiger partial charge in [0.05, 0.1) is 12.0 Å². The molecule has 20 heavy (non-hydrogen) atoms. The average Bonchev–Trinajstić information content (AvgIpc) is 2.45. The van der Waals surface area contributed by atoms with E-state index < -0.39 is 5.92 Å². The Labute approximate surface area is 127 Å². The standard InChI is InChI=1S/C16H11Cl2NO/c17-14-6-4-11(5-7-14)16(20)9-13(10-19)12-2-1-3-15(18)8-12/h1-8,13H,9H2/t13-/m1/s1. The van der Waals surface area contributed by atoms with E-state index in [1.807, 2.05) is 0 Å². The third-order valence-corrected chi connectivity index (χ3v) is 3.45. The second kappa shape index (κ2) is 6.56. The maximum absolute atomic E-state index is 12.2. The van der Waals surface area contributed by atoms with Gasteiger partial charge in [0, 0.05) is 22.0 Å². The van der Waals surface area contributed by atoms with Gasteiger partial charge < -0.3 is 0 Å². The van der Waals surface area contributed by atoms with E-state index in [9.17, 15) is 10.1 Å². The first-order chi connectivity index (χ1) is 9.60. The Hall–Kier alpha value is -1.82. The van der Waals surface area contributed by atoms with Crippen LogP contribution in [0.15, 0.2) is 48.5 Å². The molecular formula is C16H11Cl2NO. The van der Waals surface area contributed by atoms with E-state index in [1.54, 1.807) is 48.5 Å². The number of nitriles is 1. The molecule has 0 aliphatic carbocycles. The van der Waals surface area contributed by atoms with Crippen molar-refractivity contribution in [3.05, 3.63) is 69.7 Å². The van der Waals surface area contributed by atoms with E-state index in [2.05, 4.69) is 6.07 Å². The summed E-state index contributed by atoms with van der Waals surface area (Å²) in [6.07, 6.45) is 0.123. The van der Waals surface area contributed by atoms with Crippen molar-refractivity contribution in [3.8, 4) is 6.07 Å². The van der Waals surface area contributed by atoms with E-state index in [4.69, 9.17) is 23.2 Å². The number of hydrogen-bond acceptors (Lipinski definition) is 2. The van der Waals surface area contributed by atoms with Crippen molar-refractivity contribution in [2.24, 2.45) is 0 Å². The van der Waals surface area contributed by atoms with Crippen molar-refractivity contribution in [1.82, 2.24) is 0 Å². The molecule has 2 aromatic rings. The minimum atomic E-state index is -0.503. The van der Waals surface area contributed by atoms with Gasteiger partial charge in [-0.3, -0.25) is 4.79 Å². The molecule has 2 rings (SSSR count). The molecule has 2 aromatic carbocycles. The molecule has 0 unspecified atom stereocenters. The zero-order valence-corrected chi connectivity index (χ0v) is 12.0. The molecule has 0 saturated carbocycles. The lowest BCUT2D eigenvalue weighted by Gasteiger charge is -2.09. The molecule has 2 nitrogen and oxygen atoms in total. The first-order valence-corrected chi connectivity index (χ1v) is 6.79. The number of carbonyl (C=O) groups excluding carboxylic acids is 1. The Balaban J connectivity index is 2.17. The molecule has 0 aromatic heterocycles. The van der Waals surface area contributed by atoms with Gasteiger partial charge in [-0.2, -0.15) is 5.26 Å². The van der Waals surface area contributed by atoms with Gasteiger partial charge in [0.1, 0.15) is 0 Å². The van der Waals surface area contributed by atoms with E-state index in [0.29, 0.717) is 15.6 Å². The summed E-state index contributed by atoms with van der Waals surface area (Å²) in [5.74, 6) is -0.593. The fraction of sp³-hybridized carbons (Fsp3) is 0.125. The largest absolute Gasteiger partial charge is 0.294 e. The Morgan fingerprint density at radius 3 is 2.40 bits per heavy atom. The number of hydrogen-bond donors (Lipinski definition) is 0. The normalized spacial score (nSPS) is 11.7. The molecule has 1 atom stereocenters. The molecule has 0 aliphatic heterocycles. The molecule has 0 bridgehead atoms. The van der Waals surface area contributed by atoms with Gasteiger partial charge in [-0.05, 0) is 42.0 Å². The lowest BCUT2D eigenvalue weighted by Crippen LogP contribution is -2.06. The summed E-state index contributed by atoms with van der Waals surface area (Å²) >= 11 is 11.7.